The monoisotopic (exact) mass is 300 g/mol. The van der Waals surface area contributed by atoms with Gasteiger partial charge in [0, 0.05) is 11.0 Å². The lowest BCUT2D eigenvalue weighted by Gasteiger charge is -2.36. The van der Waals surface area contributed by atoms with E-state index in [9.17, 15) is 5.11 Å². The van der Waals surface area contributed by atoms with Crippen LogP contribution in [0.5, 0.6) is 0 Å². The van der Waals surface area contributed by atoms with Gasteiger partial charge in [-0.15, -0.1) is 0 Å². The van der Waals surface area contributed by atoms with E-state index in [1.807, 2.05) is 12.1 Å². The maximum absolute atomic E-state index is 10.9. The van der Waals surface area contributed by atoms with E-state index in [-0.39, 0.29) is 5.41 Å². The van der Waals surface area contributed by atoms with E-state index in [1.54, 1.807) is 6.07 Å². The summed E-state index contributed by atoms with van der Waals surface area (Å²) in [5.74, 6) is 0.575. The van der Waals surface area contributed by atoms with Gasteiger partial charge in [-0.05, 0) is 31.2 Å². The molecule has 1 N–H and O–H groups in total. The average molecular weight is 301 g/mol. The van der Waals surface area contributed by atoms with Crippen LogP contribution in [0.2, 0.25) is 10.0 Å². The molecule has 1 nitrogen and oxygen atoms in total. The zero-order chi connectivity index (χ0) is 14.0. The van der Waals surface area contributed by atoms with E-state index in [0.29, 0.717) is 16.0 Å². The van der Waals surface area contributed by atoms with Gasteiger partial charge in [0.2, 0.25) is 0 Å². The summed E-state index contributed by atoms with van der Waals surface area (Å²) in [5.41, 5.74) is 0.763. The highest BCUT2D eigenvalue weighted by atomic mass is 35.5. The number of aliphatic hydroxyl groups excluding tert-OH is 1. The Balaban J connectivity index is 2.34. The largest absolute Gasteiger partial charge is 0.388 e. The molecule has 1 fully saturated rings. The minimum absolute atomic E-state index is 0.0253. The molecule has 0 bridgehead atoms. The number of rotatable bonds is 4. The first-order chi connectivity index (χ1) is 8.96. The molecule has 0 saturated heterocycles. The molecule has 1 aliphatic carbocycles. The molecule has 1 aromatic rings. The Morgan fingerprint density at radius 2 is 1.84 bits per heavy atom. The number of halogens is 2. The van der Waals surface area contributed by atoms with Gasteiger partial charge in [0.15, 0.2) is 0 Å². The summed E-state index contributed by atoms with van der Waals surface area (Å²) in [5, 5.41) is 11.9. The van der Waals surface area contributed by atoms with E-state index >= 15 is 0 Å². The maximum Gasteiger partial charge on any atom is 0.0861 e. The minimum Gasteiger partial charge on any atom is -0.388 e. The zero-order valence-corrected chi connectivity index (χ0v) is 13.1. The zero-order valence-electron chi connectivity index (χ0n) is 11.6. The quantitative estimate of drug-likeness (QED) is 0.763. The standard InChI is InChI=1S/C16H22Cl2O/c1-11(2)10-16(8-3-4-9-16)15(19)12-6-5-7-13(17)14(12)18/h5-7,11,15,19H,3-4,8-10H2,1-2H3. The fourth-order valence-electron chi connectivity index (χ4n) is 3.54. The highest BCUT2D eigenvalue weighted by molar-refractivity contribution is 6.42. The van der Waals surface area contributed by atoms with Crippen molar-refractivity contribution in [1.29, 1.82) is 0 Å². The van der Waals surface area contributed by atoms with Crippen LogP contribution in [0.1, 0.15) is 57.6 Å². The van der Waals surface area contributed by atoms with Crippen molar-refractivity contribution in [3.8, 4) is 0 Å². The molecular weight excluding hydrogens is 279 g/mol. The van der Waals surface area contributed by atoms with E-state index in [0.717, 1.165) is 24.8 Å². The molecule has 0 aliphatic heterocycles. The van der Waals surface area contributed by atoms with Gasteiger partial charge in [-0.25, -0.2) is 0 Å². The van der Waals surface area contributed by atoms with E-state index in [2.05, 4.69) is 13.8 Å². The van der Waals surface area contributed by atoms with Gasteiger partial charge in [-0.2, -0.15) is 0 Å². The van der Waals surface area contributed by atoms with Crippen molar-refractivity contribution in [1.82, 2.24) is 0 Å². The third-order valence-corrected chi connectivity index (χ3v) is 5.10. The lowest BCUT2D eigenvalue weighted by Crippen LogP contribution is -2.28. The molecule has 1 saturated carbocycles. The van der Waals surface area contributed by atoms with Gasteiger partial charge >= 0.3 is 0 Å². The first-order valence-corrected chi connectivity index (χ1v) is 7.84. The van der Waals surface area contributed by atoms with Crippen molar-refractivity contribution < 1.29 is 5.11 Å². The maximum atomic E-state index is 10.9. The molecule has 0 heterocycles. The number of benzene rings is 1. The lowest BCUT2D eigenvalue weighted by atomic mass is 9.72. The van der Waals surface area contributed by atoms with E-state index in [4.69, 9.17) is 23.2 Å². The second kappa shape index (κ2) is 6.03. The molecule has 2 rings (SSSR count). The molecule has 3 heteroatoms. The second-order valence-electron chi connectivity index (χ2n) is 6.21. The van der Waals surface area contributed by atoms with Crippen molar-refractivity contribution in [3.63, 3.8) is 0 Å². The van der Waals surface area contributed by atoms with Crippen LogP contribution in [0, 0.1) is 11.3 Å². The Hall–Kier alpha value is -0.240. The van der Waals surface area contributed by atoms with E-state index < -0.39 is 6.10 Å². The van der Waals surface area contributed by atoms with Crippen LogP contribution >= 0.6 is 23.2 Å². The Morgan fingerprint density at radius 1 is 1.21 bits per heavy atom. The third-order valence-electron chi connectivity index (χ3n) is 4.27. The van der Waals surface area contributed by atoms with Crippen molar-refractivity contribution in [2.75, 3.05) is 0 Å². The van der Waals surface area contributed by atoms with Gasteiger partial charge in [-0.3, -0.25) is 0 Å². The number of hydrogen-bond acceptors (Lipinski definition) is 1. The lowest BCUT2D eigenvalue weighted by molar-refractivity contribution is 0.0113. The second-order valence-corrected chi connectivity index (χ2v) is 7.00. The Kier molecular flexibility index (Phi) is 4.81. The first-order valence-electron chi connectivity index (χ1n) is 7.08. The van der Waals surface area contributed by atoms with Crippen LogP contribution in [0.4, 0.5) is 0 Å². The highest BCUT2D eigenvalue weighted by Crippen LogP contribution is 2.53. The van der Waals surface area contributed by atoms with Crippen LogP contribution in [0.3, 0.4) is 0 Å². The number of hydrogen-bond donors (Lipinski definition) is 1. The molecular formula is C16H22Cl2O. The minimum atomic E-state index is -0.511. The summed E-state index contributed by atoms with van der Waals surface area (Å²) in [6.07, 6.45) is 5.08. The molecule has 19 heavy (non-hydrogen) atoms. The van der Waals surface area contributed by atoms with Crippen LogP contribution in [0.15, 0.2) is 18.2 Å². The molecule has 0 amide bonds. The summed E-state index contributed by atoms with van der Waals surface area (Å²) in [6.45, 7) is 4.43. The van der Waals surface area contributed by atoms with Crippen LogP contribution < -0.4 is 0 Å². The Morgan fingerprint density at radius 3 is 2.42 bits per heavy atom. The van der Waals surface area contributed by atoms with E-state index in [1.165, 1.54) is 12.8 Å². The van der Waals surface area contributed by atoms with Gasteiger partial charge in [0.05, 0.1) is 16.1 Å². The van der Waals surface area contributed by atoms with Crippen molar-refractivity contribution in [2.45, 2.75) is 52.1 Å². The van der Waals surface area contributed by atoms with Gasteiger partial charge in [0.25, 0.3) is 0 Å². The van der Waals surface area contributed by atoms with Crippen molar-refractivity contribution >= 4 is 23.2 Å². The summed E-state index contributed by atoms with van der Waals surface area (Å²) >= 11 is 12.3. The predicted octanol–water partition coefficient (Wildman–Crippen LogP) is 5.63. The Labute approximate surface area is 125 Å². The van der Waals surface area contributed by atoms with Crippen LogP contribution in [-0.2, 0) is 0 Å². The van der Waals surface area contributed by atoms with Gasteiger partial charge < -0.3 is 5.11 Å². The topological polar surface area (TPSA) is 20.2 Å². The van der Waals surface area contributed by atoms with Gasteiger partial charge in [-0.1, -0.05) is 62.0 Å². The molecule has 0 aromatic heterocycles. The summed E-state index contributed by atoms with van der Waals surface area (Å²) in [6, 6.07) is 5.54. The number of aliphatic hydroxyl groups is 1. The fraction of sp³-hybridized carbons (Fsp3) is 0.625. The highest BCUT2D eigenvalue weighted by Gasteiger charge is 2.42. The Bertz CT molecular complexity index is 436. The summed E-state index contributed by atoms with van der Waals surface area (Å²) < 4.78 is 0. The third kappa shape index (κ3) is 3.09. The fourth-order valence-corrected chi connectivity index (χ4v) is 3.95. The molecule has 0 radical (unpaired) electrons. The SMILES string of the molecule is CC(C)CC1(C(O)c2cccc(Cl)c2Cl)CCCC1. The van der Waals surface area contributed by atoms with Crippen LogP contribution in [-0.4, -0.2) is 5.11 Å². The molecule has 1 aliphatic rings. The predicted molar refractivity (Wildman–Crippen MR) is 81.8 cm³/mol. The van der Waals surface area contributed by atoms with Crippen molar-refractivity contribution in [3.05, 3.63) is 33.8 Å². The summed E-state index contributed by atoms with van der Waals surface area (Å²) in [4.78, 5) is 0. The molecule has 0 spiro atoms. The normalized spacial score (nSPS) is 19.9. The molecule has 1 atom stereocenters. The van der Waals surface area contributed by atoms with Crippen molar-refractivity contribution in [2.24, 2.45) is 11.3 Å². The molecule has 1 aromatic carbocycles. The van der Waals surface area contributed by atoms with Crippen LogP contribution in [0.25, 0.3) is 0 Å². The van der Waals surface area contributed by atoms with Gasteiger partial charge in [0.1, 0.15) is 0 Å². The summed E-state index contributed by atoms with van der Waals surface area (Å²) in [7, 11) is 0. The molecule has 1 unspecified atom stereocenters. The first kappa shape index (κ1) is 15.2. The smallest absolute Gasteiger partial charge is 0.0861 e. The average Bonchev–Trinajstić information content (AvgIpc) is 2.80. The molecule has 106 valence electrons.